The molecule has 1 N–H and O–H groups in total. The fourth-order valence-electron chi connectivity index (χ4n) is 4.26. The van der Waals surface area contributed by atoms with Crippen LogP contribution in [0.1, 0.15) is 90.1 Å². The molecule has 2 unspecified atom stereocenters. The number of rotatable bonds is 15. The number of para-hydroxylation sites is 1. The molecule has 0 aliphatic rings. The van der Waals surface area contributed by atoms with E-state index in [1.165, 1.54) is 64.2 Å². The Bertz CT molecular complexity index is 827. The van der Waals surface area contributed by atoms with E-state index in [-0.39, 0.29) is 6.17 Å². The van der Waals surface area contributed by atoms with E-state index >= 15 is 0 Å². The molecule has 0 amide bonds. The van der Waals surface area contributed by atoms with Gasteiger partial charge < -0.3 is 9.67 Å². The summed E-state index contributed by atoms with van der Waals surface area (Å²) in [4.78, 5) is 0. The van der Waals surface area contributed by atoms with Crippen molar-refractivity contribution in [3.8, 4) is 0 Å². The Balaban J connectivity index is 1.44. The second-order valence-corrected chi connectivity index (χ2v) is 8.46. The van der Waals surface area contributed by atoms with E-state index < -0.39 is 6.10 Å². The molecule has 5 heteroatoms. The molecule has 0 saturated heterocycles. The number of benzene rings is 1. The summed E-state index contributed by atoms with van der Waals surface area (Å²) in [6.07, 6.45) is 18.4. The molecule has 0 fully saturated rings. The molecule has 0 aliphatic carbocycles. The quantitative estimate of drug-likeness (QED) is 0.297. The Labute approximate surface area is 181 Å². The van der Waals surface area contributed by atoms with Gasteiger partial charge in [-0.05, 0) is 30.7 Å². The van der Waals surface area contributed by atoms with Gasteiger partial charge in [-0.15, -0.1) is 5.10 Å². The molecular weight excluding hydrogens is 372 g/mol. The zero-order valence-electron chi connectivity index (χ0n) is 18.5. The van der Waals surface area contributed by atoms with Gasteiger partial charge in [-0.2, -0.15) is 0 Å². The van der Waals surface area contributed by atoms with E-state index in [4.69, 9.17) is 0 Å². The third-order valence-electron chi connectivity index (χ3n) is 6.01. The summed E-state index contributed by atoms with van der Waals surface area (Å²) in [5.74, 6) is 0. The number of hydrogen-bond acceptors (Lipinski definition) is 3. The standard InChI is InChI=1S/C25H38N4O/c1-2-3-4-5-6-7-8-9-10-11-12-19-24(30)25(28-20-15-16-21-28)29-23-18-14-13-17-22(23)26-27-29/h13-18,20-21,24-25,30H,2-12,19H2,1H3. The van der Waals surface area contributed by atoms with Crippen molar-refractivity contribution in [2.75, 3.05) is 0 Å². The van der Waals surface area contributed by atoms with Crippen LogP contribution in [0.4, 0.5) is 0 Å². The zero-order valence-corrected chi connectivity index (χ0v) is 18.5. The third-order valence-corrected chi connectivity index (χ3v) is 6.01. The van der Waals surface area contributed by atoms with Crippen LogP contribution in [0.3, 0.4) is 0 Å². The van der Waals surface area contributed by atoms with Crippen molar-refractivity contribution in [2.45, 2.75) is 96.2 Å². The molecule has 5 nitrogen and oxygen atoms in total. The van der Waals surface area contributed by atoms with E-state index in [0.717, 1.165) is 23.9 Å². The highest BCUT2D eigenvalue weighted by atomic mass is 16.3. The van der Waals surface area contributed by atoms with E-state index in [1.807, 2.05) is 58.0 Å². The summed E-state index contributed by atoms with van der Waals surface area (Å²) in [5, 5.41) is 19.7. The fourth-order valence-corrected chi connectivity index (χ4v) is 4.26. The fraction of sp³-hybridized carbons (Fsp3) is 0.600. The first-order chi connectivity index (χ1) is 14.8. The maximum atomic E-state index is 11.0. The van der Waals surface area contributed by atoms with Gasteiger partial charge in [0.05, 0.1) is 11.6 Å². The molecule has 3 aromatic rings. The van der Waals surface area contributed by atoms with Gasteiger partial charge in [-0.25, -0.2) is 4.68 Å². The molecule has 0 saturated carbocycles. The molecule has 2 atom stereocenters. The Kier molecular flexibility index (Phi) is 9.42. The number of aliphatic hydroxyl groups is 1. The van der Waals surface area contributed by atoms with Gasteiger partial charge in [-0.1, -0.05) is 94.9 Å². The van der Waals surface area contributed by atoms with Crippen molar-refractivity contribution in [3.63, 3.8) is 0 Å². The highest BCUT2D eigenvalue weighted by molar-refractivity contribution is 5.74. The van der Waals surface area contributed by atoms with Crippen LogP contribution in [0.5, 0.6) is 0 Å². The van der Waals surface area contributed by atoms with Crippen LogP contribution >= 0.6 is 0 Å². The van der Waals surface area contributed by atoms with Gasteiger partial charge in [0.2, 0.25) is 0 Å². The molecule has 1 aromatic carbocycles. The molecule has 0 spiro atoms. The lowest BCUT2D eigenvalue weighted by Crippen LogP contribution is -2.30. The first-order valence-corrected chi connectivity index (χ1v) is 11.9. The van der Waals surface area contributed by atoms with E-state index in [1.54, 1.807) is 0 Å². The summed E-state index contributed by atoms with van der Waals surface area (Å²) in [7, 11) is 0. The van der Waals surface area contributed by atoms with E-state index in [9.17, 15) is 5.11 Å². The van der Waals surface area contributed by atoms with Crippen LogP contribution < -0.4 is 0 Å². The van der Waals surface area contributed by atoms with Crippen molar-refractivity contribution in [1.82, 2.24) is 19.6 Å². The average Bonchev–Trinajstić information content (AvgIpc) is 3.43. The van der Waals surface area contributed by atoms with Gasteiger partial charge in [0.1, 0.15) is 5.52 Å². The first-order valence-electron chi connectivity index (χ1n) is 11.9. The molecule has 3 rings (SSSR count). The first kappa shape index (κ1) is 22.5. The van der Waals surface area contributed by atoms with Crippen LogP contribution in [0.15, 0.2) is 48.8 Å². The summed E-state index contributed by atoms with van der Waals surface area (Å²) in [6.45, 7) is 2.27. The number of fused-ring (bicyclic) bond motifs is 1. The predicted molar refractivity (Wildman–Crippen MR) is 123 cm³/mol. The number of unbranched alkanes of at least 4 members (excludes halogenated alkanes) is 10. The largest absolute Gasteiger partial charge is 0.389 e. The van der Waals surface area contributed by atoms with Gasteiger partial charge in [0, 0.05) is 12.4 Å². The van der Waals surface area contributed by atoms with E-state index in [0.29, 0.717) is 0 Å². The minimum Gasteiger partial charge on any atom is -0.389 e. The second-order valence-electron chi connectivity index (χ2n) is 8.46. The van der Waals surface area contributed by atoms with Gasteiger partial charge in [0.15, 0.2) is 6.17 Å². The van der Waals surface area contributed by atoms with Crippen LogP contribution in [-0.4, -0.2) is 30.8 Å². The third kappa shape index (κ3) is 6.43. The van der Waals surface area contributed by atoms with Crippen molar-refractivity contribution in [1.29, 1.82) is 0 Å². The normalized spacial score (nSPS) is 13.7. The van der Waals surface area contributed by atoms with Gasteiger partial charge >= 0.3 is 0 Å². The Morgan fingerprint density at radius 3 is 2.07 bits per heavy atom. The minimum atomic E-state index is -0.499. The smallest absolute Gasteiger partial charge is 0.154 e. The molecule has 164 valence electrons. The van der Waals surface area contributed by atoms with Crippen molar-refractivity contribution < 1.29 is 5.11 Å². The maximum absolute atomic E-state index is 11.0. The molecular formula is C25H38N4O. The minimum absolute atomic E-state index is 0.268. The summed E-state index contributed by atoms with van der Waals surface area (Å²) in [6, 6.07) is 11.9. The number of hydrogen-bond donors (Lipinski definition) is 1. The maximum Gasteiger partial charge on any atom is 0.154 e. The van der Waals surface area contributed by atoms with Crippen molar-refractivity contribution in [2.24, 2.45) is 0 Å². The topological polar surface area (TPSA) is 55.9 Å². The van der Waals surface area contributed by atoms with Crippen molar-refractivity contribution in [3.05, 3.63) is 48.8 Å². The van der Waals surface area contributed by atoms with Gasteiger partial charge in [-0.3, -0.25) is 0 Å². The molecule has 30 heavy (non-hydrogen) atoms. The predicted octanol–water partition coefficient (Wildman–Crippen LogP) is 6.34. The summed E-state index contributed by atoms with van der Waals surface area (Å²) < 4.78 is 3.89. The van der Waals surface area contributed by atoms with Crippen LogP contribution in [-0.2, 0) is 0 Å². The van der Waals surface area contributed by atoms with Crippen LogP contribution in [0.2, 0.25) is 0 Å². The summed E-state index contributed by atoms with van der Waals surface area (Å²) in [5.41, 5.74) is 1.81. The lowest BCUT2D eigenvalue weighted by Gasteiger charge is -2.25. The monoisotopic (exact) mass is 410 g/mol. The van der Waals surface area contributed by atoms with Crippen LogP contribution in [0.25, 0.3) is 11.0 Å². The van der Waals surface area contributed by atoms with Crippen molar-refractivity contribution >= 4 is 11.0 Å². The highest BCUT2D eigenvalue weighted by Gasteiger charge is 2.24. The lowest BCUT2D eigenvalue weighted by atomic mass is 10.0. The second kappa shape index (κ2) is 12.5. The number of aliphatic hydroxyl groups excluding tert-OH is 1. The highest BCUT2D eigenvalue weighted by Crippen LogP contribution is 2.24. The Hall–Kier alpha value is -2.14. The van der Waals surface area contributed by atoms with Crippen LogP contribution in [0, 0.1) is 0 Å². The molecule has 2 heterocycles. The van der Waals surface area contributed by atoms with Gasteiger partial charge in [0.25, 0.3) is 0 Å². The lowest BCUT2D eigenvalue weighted by molar-refractivity contribution is 0.0807. The Morgan fingerprint density at radius 2 is 1.40 bits per heavy atom. The molecule has 2 aromatic heterocycles. The molecule has 0 radical (unpaired) electrons. The molecule has 0 aliphatic heterocycles. The number of nitrogens with zero attached hydrogens (tertiary/aromatic N) is 4. The number of aromatic nitrogens is 4. The average molecular weight is 411 g/mol. The van der Waals surface area contributed by atoms with E-state index in [2.05, 4.69) is 17.2 Å². The SMILES string of the molecule is CCCCCCCCCCCCCC(O)C(n1cccc1)n1nnc2ccccc21. The zero-order chi connectivity index (χ0) is 21.0. The Morgan fingerprint density at radius 1 is 0.800 bits per heavy atom. The summed E-state index contributed by atoms with van der Waals surface area (Å²) >= 11 is 0. The molecule has 0 bridgehead atoms.